The molecule has 15 heavy (non-hydrogen) atoms. The Morgan fingerprint density at radius 2 is 1.80 bits per heavy atom. The summed E-state index contributed by atoms with van der Waals surface area (Å²) in [6.07, 6.45) is 0. The Balaban J connectivity index is 3.66. The summed E-state index contributed by atoms with van der Waals surface area (Å²) in [4.78, 5) is -0.0170. The van der Waals surface area contributed by atoms with Gasteiger partial charge in [0, 0.05) is 26.8 Å². The fourth-order valence-electron chi connectivity index (χ4n) is 1.39. The van der Waals surface area contributed by atoms with Crippen molar-refractivity contribution in [3.63, 3.8) is 0 Å². The normalized spacial score (nSPS) is 11.5. The molecular weight excluding hydrogens is 259 g/mol. The van der Waals surface area contributed by atoms with Crippen LogP contribution in [0.5, 0.6) is 5.75 Å². The van der Waals surface area contributed by atoms with Crippen molar-refractivity contribution < 1.29 is 13.2 Å². The van der Waals surface area contributed by atoms with Crippen molar-refractivity contribution in [2.24, 2.45) is 0 Å². The van der Waals surface area contributed by atoms with Gasteiger partial charge in [0.05, 0.1) is 12.0 Å². The van der Waals surface area contributed by atoms with Crippen molar-refractivity contribution >= 4 is 31.3 Å². The highest BCUT2D eigenvalue weighted by molar-refractivity contribution is 8.13. The minimum atomic E-state index is -3.80. The van der Waals surface area contributed by atoms with Crippen LogP contribution in [-0.2, 0) is 9.05 Å². The van der Waals surface area contributed by atoms with E-state index in [0.29, 0.717) is 21.9 Å². The molecule has 0 heterocycles. The maximum Gasteiger partial charge on any atom is 0.261 e. The maximum absolute atomic E-state index is 11.2. The molecule has 3 nitrogen and oxygen atoms in total. The van der Waals surface area contributed by atoms with E-state index in [1.54, 1.807) is 13.8 Å². The van der Waals surface area contributed by atoms with Gasteiger partial charge >= 0.3 is 0 Å². The maximum atomic E-state index is 11.2. The lowest BCUT2D eigenvalue weighted by Crippen LogP contribution is -2.00. The first-order valence-electron chi connectivity index (χ1n) is 4.07. The van der Waals surface area contributed by atoms with Gasteiger partial charge in [0.25, 0.3) is 9.05 Å². The fraction of sp³-hybridized carbons (Fsp3) is 0.333. The smallest absolute Gasteiger partial charge is 0.261 e. The van der Waals surface area contributed by atoms with Crippen LogP contribution in [0, 0.1) is 13.8 Å². The quantitative estimate of drug-likeness (QED) is 0.775. The Morgan fingerprint density at radius 3 is 2.20 bits per heavy atom. The average molecular weight is 269 g/mol. The van der Waals surface area contributed by atoms with E-state index in [1.165, 1.54) is 13.2 Å². The predicted molar refractivity (Wildman–Crippen MR) is 60.5 cm³/mol. The third-order valence-corrected chi connectivity index (χ3v) is 3.97. The SMILES string of the molecule is COc1c(C)c(Cl)cc(S(=O)(=O)Cl)c1C. The second kappa shape index (κ2) is 4.20. The Morgan fingerprint density at radius 1 is 1.27 bits per heavy atom. The molecule has 0 atom stereocenters. The second-order valence-corrected chi connectivity index (χ2v) is 6.02. The molecule has 0 unspecified atom stereocenters. The van der Waals surface area contributed by atoms with Crippen LogP contribution in [0.25, 0.3) is 0 Å². The van der Waals surface area contributed by atoms with E-state index in [1.807, 2.05) is 0 Å². The number of ether oxygens (including phenoxy) is 1. The number of hydrogen-bond acceptors (Lipinski definition) is 3. The van der Waals surface area contributed by atoms with Gasteiger partial charge in [0.15, 0.2) is 0 Å². The summed E-state index contributed by atoms with van der Waals surface area (Å²) in [5.74, 6) is 0.446. The summed E-state index contributed by atoms with van der Waals surface area (Å²) in [7, 11) is 2.93. The van der Waals surface area contributed by atoms with Crippen LogP contribution in [0.2, 0.25) is 5.02 Å². The molecule has 0 aromatic heterocycles. The molecule has 0 fully saturated rings. The summed E-state index contributed by atoms with van der Waals surface area (Å²) in [6.45, 7) is 3.37. The third-order valence-electron chi connectivity index (χ3n) is 2.13. The van der Waals surface area contributed by atoms with Crippen LogP contribution in [0.4, 0.5) is 0 Å². The van der Waals surface area contributed by atoms with Crippen molar-refractivity contribution in [2.45, 2.75) is 18.7 Å². The van der Waals surface area contributed by atoms with E-state index in [9.17, 15) is 8.42 Å². The highest BCUT2D eigenvalue weighted by atomic mass is 35.7. The molecule has 1 aromatic rings. The minimum absolute atomic E-state index is 0.0170. The number of benzene rings is 1. The second-order valence-electron chi connectivity index (χ2n) is 3.08. The van der Waals surface area contributed by atoms with Crippen LogP contribution in [0.3, 0.4) is 0 Å². The first kappa shape index (κ1) is 12.6. The predicted octanol–water partition coefficient (Wildman–Crippen LogP) is 2.89. The van der Waals surface area contributed by atoms with Gasteiger partial charge in [-0.2, -0.15) is 0 Å². The lowest BCUT2D eigenvalue weighted by molar-refractivity contribution is 0.407. The molecule has 1 rings (SSSR count). The van der Waals surface area contributed by atoms with Gasteiger partial charge in [-0.25, -0.2) is 8.42 Å². The highest BCUT2D eigenvalue weighted by Gasteiger charge is 2.20. The zero-order valence-electron chi connectivity index (χ0n) is 8.47. The van der Waals surface area contributed by atoms with Crippen molar-refractivity contribution in [2.75, 3.05) is 7.11 Å². The van der Waals surface area contributed by atoms with E-state index < -0.39 is 9.05 Å². The average Bonchev–Trinajstić information content (AvgIpc) is 2.10. The number of rotatable bonds is 2. The van der Waals surface area contributed by atoms with Crippen molar-refractivity contribution in [3.8, 4) is 5.75 Å². The van der Waals surface area contributed by atoms with Gasteiger partial charge in [0.2, 0.25) is 0 Å². The van der Waals surface area contributed by atoms with E-state index in [-0.39, 0.29) is 4.90 Å². The monoisotopic (exact) mass is 268 g/mol. The molecule has 0 aliphatic carbocycles. The van der Waals surface area contributed by atoms with E-state index in [4.69, 9.17) is 27.0 Å². The van der Waals surface area contributed by atoms with Crippen LogP contribution in [-0.4, -0.2) is 15.5 Å². The molecular formula is C9H10Cl2O3S. The van der Waals surface area contributed by atoms with Crippen LogP contribution in [0.1, 0.15) is 11.1 Å². The molecule has 0 N–H and O–H groups in total. The summed E-state index contributed by atoms with van der Waals surface area (Å²) in [5, 5.41) is 0.316. The molecule has 0 radical (unpaired) electrons. The molecule has 0 amide bonds. The fourth-order valence-corrected chi connectivity index (χ4v) is 2.85. The number of hydrogen-bond donors (Lipinski definition) is 0. The van der Waals surface area contributed by atoms with Gasteiger partial charge < -0.3 is 4.74 Å². The summed E-state index contributed by atoms with van der Waals surface area (Å²) in [6, 6.07) is 1.33. The first-order valence-corrected chi connectivity index (χ1v) is 6.76. The van der Waals surface area contributed by atoms with Gasteiger partial charge in [0.1, 0.15) is 5.75 Å². The third kappa shape index (κ3) is 2.38. The Labute approximate surface area is 98.4 Å². The standard InChI is InChI=1S/C9H10Cl2O3S/c1-5-7(10)4-8(15(11,12)13)6(2)9(5)14-3/h4H,1-3H3. The van der Waals surface area contributed by atoms with Crippen molar-refractivity contribution in [1.82, 2.24) is 0 Å². The molecule has 0 saturated carbocycles. The van der Waals surface area contributed by atoms with Crippen LogP contribution >= 0.6 is 22.3 Å². The molecule has 0 aliphatic heterocycles. The summed E-state index contributed by atoms with van der Waals surface area (Å²) < 4.78 is 27.6. The van der Waals surface area contributed by atoms with Gasteiger partial charge in [-0.3, -0.25) is 0 Å². The summed E-state index contributed by atoms with van der Waals surface area (Å²) in [5.41, 5.74) is 1.16. The first-order chi connectivity index (χ1) is 6.79. The van der Waals surface area contributed by atoms with E-state index in [2.05, 4.69) is 0 Å². The highest BCUT2D eigenvalue weighted by Crippen LogP contribution is 2.35. The van der Waals surface area contributed by atoms with Gasteiger partial charge in [-0.05, 0) is 19.9 Å². The van der Waals surface area contributed by atoms with Crippen molar-refractivity contribution in [3.05, 3.63) is 22.2 Å². The molecule has 0 aliphatic rings. The molecule has 0 saturated heterocycles. The number of methoxy groups -OCH3 is 1. The van der Waals surface area contributed by atoms with Gasteiger partial charge in [-0.15, -0.1) is 0 Å². The molecule has 84 valence electrons. The molecule has 1 aromatic carbocycles. The lowest BCUT2D eigenvalue weighted by atomic mass is 10.1. The minimum Gasteiger partial charge on any atom is -0.496 e. The van der Waals surface area contributed by atoms with E-state index >= 15 is 0 Å². The lowest BCUT2D eigenvalue weighted by Gasteiger charge is -2.12. The largest absolute Gasteiger partial charge is 0.496 e. The van der Waals surface area contributed by atoms with Crippen molar-refractivity contribution in [1.29, 1.82) is 0 Å². The van der Waals surface area contributed by atoms with Crippen LogP contribution in [0.15, 0.2) is 11.0 Å². The summed E-state index contributed by atoms with van der Waals surface area (Å²) >= 11 is 5.87. The molecule has 0 bridgehead atoms. The number of halogens is 2. The Hall–Kier alpha value is -0.450. The van der Waals surface area contributed by atoms with Gasteiger partial charge in [-0.1, -0.05) is 11.6 Å². The zero-order valence-corrected chi connectivity index (χ0v) is 10.8. The Kier molecular flexibility index (Phi) is 3.53. The topological polar surface area (TPSA) is 43.4 Å². The Bertz CT molecular complexity index is 495. The van der Waals surface area contributed by atoms with Crippen LogP contribution < -0.4 is 4.74 Å². The van der Waals surface area contributed by atoms with E-state index in [0.717, 1.165) is 0 Å². The molecule has 6 heteroatoms. The zero-order chi connectivity index (χ0) is 11.8. The molecule has 0 spiro atoms.